The van der Waals surface area contributed by atoms with Crippen LogP contribution >= 0.6 is 0 Å². The van der Waals surface area contributed by atoms with E-state index in [-0.39, 0.29) is 11.2 Å². The fraction of sp³-hybridized carbons (Fsp3) is 0.500. The maximum atomic E-state index is 13.2. The summed E-state index contributed by atoms with van der Waals surface area (Å²) in [6.45, 7) is 8.36. The summed E-state index contributed by atoms with van der Waals surface area (Å²) in [7, 11) is 1.70. The maximum absolute atomic E-state index is 13.2. The van der Waals surface area contributed by atoms with Gasteiger partial charge >= 0.3 is 5.69 Å². The van der Waals surface area contributed by atoms with Gasteiger partial charge in [-0.05, 0) is 36.5 Å². The van der Waals surface area contributed by atoms with Crippen LogP contribution < -0.4 is 16.1 Å². The van der Waals surface area contributed by atoms with Gasteiger partial charge in [0.15, 0.2) is 11.2 Å². The van der Waals surface area contributed by atoms with Gasteiger partial charge in [-0.2, -0.15) is 4.98 Å². The molecular weight excluding hydrogens is 366 g/mol. The standard InChI is InChI=1S/C22H29N5O2/c1-5-7-12-25-20(28)18-19(24(4)22(25)29)23-21-26(13-15(3)14-27(18)21)17-10-8-16(6-2)9-11-17/h8-11,15H,5-7,12-14H2,1-4H3. The highest BCUT2D eigenvalue weighted by molar-refractivity contribution is 5.77. The smallest absolute Gasteiger partial charge is 0.312 e. The lowest BCUT2D eigenvalue weighted by Crippen LogP contribution is -2.40. The summed E-state index contributed by atoms with van der Waals surface area (Å²) in [5.41, 5.74) is 2.81. The van der Waals surface area contributed by atoms with Crippen LogP contribution in [0.5, 0.6) is 0 Å². The SMILES string of the molecule is CCCCn1c(=O)c2c(nc3n2CC(C)CN3c2ccc(CC)cc2)n(C)c1=O. The van der Waals surface area contributed by atoms with Crippen molar-refractivity contribution in [3.63, 3.8) is 0 Å². The van der Waals surface area contributed by atoms with Gasteiger partial charge in [0.25, 0.3) is 5.56 Å². The Morgan fingerprint density at radius 3 is 2.48 bits per heavy atom. The summed E-state index contributed by atoms with van der Waals surface area (Å²) >= 11 is 0. The van der Waals surface area contributed by atoms with Gasteiger partial charge in [0.05, 0.1) is 0 Å². The summed E-state index contributed by atoms with van der Waals surface area (Å²) in [5.74, 6) is 1.09. The zero-order chi connectivity index (χ0) is 20.7. The molecule has 0 bridgehead atoms. The number of benzene rings is 1. The van der Waals surface area contributed by atoms with Gasteiger partial charge in [0.2, 0.25) is 5.95 Å². The van der Waals surface area contributed by atoms with Crippen molar-refractivity contribution in [2.24, 2.45) is 13.0 Å². The van der Waals surface area contributed by atoms with E-state index in [9.17, 15) is 9.59 Å². The molecule has 0 N–H and O–H groups in total. The molecule has 0 saturated heterocycles. The molecule has 4 rings (SSSR count). The Kier molecular flexibility index (Phi) is 5.06. The molecule has 29 heavy (non-hydrogen) atoms. The lowest BCUT2D eigenvalue weighted by atomic mass is 10.1. The molecule has 154 valence electrons. The Morgan fingerprint density at radius 1 is 1.10 bits per heavy atom. The molecule has 0 spiro atoms. The quantitative estimate of drug-likeness (QED) is 0.666. The number of nitrogens with zero attached hydrogens (tertiary/aromatic N) is 5. The van der Waals surface area contributed by atoms with Crippen LogP contribution in [0.2, 0.25) is 0 Å². The molecular formula is C22H29N5O2. The van der Waals surface area contributed by atoms with Gasteiger partial charge in [-0.1, -0.05) is 39.3 Å². The molecule has 1 unspecified atom stereocenters. The monoisotopic (exact) mass is 395 g/mol. The lowest BCUT2D eigenvalue weighted by molar-refractivity contribution is 0.457. The van der Waals surface area contributed by atoms with E-state index >= 15 is 0 Å². The van der Waals surface area contributed by atoms with Crippen molar-refractivity contribution < 1.29 is 0 Å². The predicted molar refractivity (Wildman–Crippen MR) is 116 cm³/mol. The highest BCUT2D eigenvalue weighted by atomic mass is 16.2. The summed E-state index contributed by atoms with van der Waals surface area (Å²) in [5, 5.41) is 0. The van der Waals surface area contributed by atoms with Gasteiger partial charge in [-0.3, -0.25) is 13.9 Å². The Hall–Kier alpha value is -2.83. The van der Waals surface area contributed by atoms with Crippen molar-refractivity contribution >= 4 is 22.8 Å². The topological polar surface area (TPSA) is 65.1 Å². The first-order chi connectivity index (χ1) is 14.0. The summed E-state index contributed by atoms with van der Waals surface area (Å²) < 4.78 is 4.88. The molecule has 1 aromatic carbocycles. The molecule has 0 aliphatic carbocycles. The molecule has 0 radical (unpaired) electrons. The zero-order valence-corrected chi connectivity index (χ0v) is 17.7. The molecule has 1 aliphatic heterocycles. The highest BCUT2D eigenvalue weighted by Crippen LogP contribution is 2.32. The number of hydrogen-bond acceptors (Lipinski definition) is 4. The van der Waals surface area contributed by atoms with Crippen LogP contribution in [0.1, 0.15) is 39.2 Å². The number of hydrogen-bond donors (Lipinski definition) is 0. The Bertz CT molecular complexity index is 1150. The minimum atomic E-state index is -0.293. The minimum absolute atomic E-state index is 0.231. The number of anilines is 2. The van der Waals surface area contributed by atoms with Gasteiger partial charge in [-0.15, -0.1) is 0 Å². The fourth-order valence-corrected chi connectivity index (χ4v) is 4.15. The molecule has 7 nitrogen and oxygen atoms in total. The number of unbranched alkanes of at least 4 members (excludes halogenated alkanes) is 1. The van der Waals surface area contributed by atoms with Crippen LogP contribution in [0.4, 0.5) is 11.6 Å². The molecule has 7 heteroatoms. The van der Waals surface area contributed by atoms with E-state index in [1.165, 1.54) is 14.7 Å². The Morgan fingerprint density at radius 2 is 1.83 bits per heavy atom. The first kappa shape index (κ1) is 19.5. The van der Waals surface area contributed by atoms with Crippen molar-refractivity contribution in [2.75, 3.05) is 11.4 Å². The summed E-state index contributed by atoms with van der Waals surface area (Å²) in [6.07, 6.45) is 2.72. The van der Waals surface area contributed by atoms with E-state index in [1.807, 2.05) is 4.57 Å². The third kappa shape index (κ3) is 3.18. The summed E-state index contributed by atoms with van der Waals surface area (Å²) in [6, 6.07) is 8.49. The van der Waals surface area contributed by atoms with Gasteiger partial charge < -0.3 is 9.47 Å². The maximum Gasteiger partial charge on any atom is 0.332 e. The Labute approximate surface area is 170 Å². The molecule has 0 amide bonds. The molecule has 3 aromatic rings. The van der Waals surface area contributed by atoms with Crippen LogP contribution in [-0.2, 0) is 26.6 Å². The first-order valence-electron chi connectivity index (χ1n) is 10.5. The molecule has 3 heterocycles. The fourth-order valence-electron chi connectivity index (χ4n) is 4.15. The van der Waals surface area contributed by atoms with E-state index in [2.05, 4.69) is 49.9 Å². The van der Waals surface area contributed by atoms with Crippen molar-refractivity contribution in [1.82, 2.24) is 18.7 Å². The highest BCUT2D eigenvalue weighted by Gasteiger charge is 2.29. The van der Waals surface area contributed by atoms with E-state index in [1.54, 1.807) is 7.05 Å². The second-order valence-corrected chi connectivity index (χ2v) is 8.08. The second kappa shape index (κ2) is 7.54. The number of rotatable bonds is 5. The van der Waals surface area contributed by atoms with Gasteiger partial charge in [0.1, 0.15) is 0 Å². The molecule has 1 aliphatic rings. The number of fused-ring (bicyclic) bond motifs is 3. The second-order valence-electron chi connectivity index (χ2n) is 8.08. The van der Waals surface area contributed by atoms with E-state index in [0.29, 0.717) is 23.6 Å². The van der Waals surface area contributed by atoms with Crippen molar-refractivity contribution in [3.05, 3.63) is 50.7 Å². The average molecular weight is 396 g/mol. The van der Waals surface area contributed by atoms with Gasteiger partial charge in [-0.25, -0.2) is 4.79 Å². The van der Waals surface area contributed by atoms with Crippen LogP contribution in [-0.4, -0.2) is 25.2 Å². The van der Waals surface area contributed by atoms with Crippen LogP contribution in [0.25, 0.3) is 11.2 Å². The third-order valence-electron chi connectivity index (χ3n) is 5.83. The minimum Gasteiger partial charge on any atom is -0.312 e. The van der Waals surface area contributed by atoms with Crippen molar-refractivity contribution in [2.45, 2.75) is 53.1 Å². The number of aromatic nitrogens is 4. The predicted octanol–water partition coefficient (Wildman–Crippen LogP) is 3.05. The number of imidazole rings is 1. The molecule has 0 fully saturated rings. The molecule has 2 aromatic heterocycles. The largest absolute Gasteiger partial charge is 0.332 e. The van der Waals surface area contributed by atoms with Gasteiger partial charge in [0, 0.05) is 32.4 Å². The number of aryl methyl sites for hydroxylation is 2. The normalized spacial score (nSPS) is 16.4. The van der Waals surface area contributed by atoms with Crippen LogP contribution in [0, 0.1) is 5.92 Å². The Balaban J connectivity index is 1.93. The third-order valence-corrected chi connectivity index (χ3v) is 5.83. The average Bonchev–Trinajstić information content (AvgIpc) is 3.11. The van der Waals surface area contributed by atoms with E-state index in [4.69, 9.17) is 4.98 Å². The van der Waals surface area contributed by atoms with Crippen molar-refractivity contribution in [1.29, 1.82) is 0 Å². The van der Waals surface area contributed by atoms with E-state index < -0.39 is 0 Å². The first-order valence-corrected chi connectivity index (χ1v) is 10.5. The van der Waals surface area contributed by atoms with Crippen LogP contribution in [0.3, 0.4) is 0 Å². The lowest BCUT2D eigenvalue weighted by Gasteiger charge is -2.33. The van der Waals surface area contributed by atoms with Crippen molar-refractivity contribution in [3.8, 4) is 0 Å². The summed E-state index contributed by atoms with van der Waals surface area (Å²) in [4.78, 5) is 32.9. The van der Waals surface area contributed by atoms with E-state index in [0.717, 1.165) is 44.0 Å². The van der Waals surface area contributed by atoms with Crippen LogP contribution in [0.15, 0.2) is 33.9 Å². The molecule has 1 atom stereocenters. The zero-order valence-electron chi connectivity index (χ0n) is 17.7. The molecule has 0 saturated carbocycles.